The van der Waals surface area contributed by atoms with Gasteiger partial charge in [0.2, 0.25) is 0 Å². The summed E-state index contributed by atoms with van der Waals surface area (Å²) in [5, 5.41) is 3.96. The Morgan fingerprint density at radius 1 is 1.02 bits per heavy atom. The van der Waals surface area contributed by atoms with Crippen molar-refractivity contribution in [3.63, 3.8) is 0 Å². The first-order chi connectivity index (χ1) is 19.8. The Balaban J connectivity index is 1.27. The van der Waals surface area contributed by atoms with Crippen molar-refractivity contribution in [3.8, 4) is 0 Å². The summed E-state index contributed by atoms with van der Waals surface area (Å²) in [5.41, 5.74) is 6.00. The number of aryl methyl sites for hydroxylation is 1. The van der Waals surface area contributed by atoms with Gasteiger partial charge in [-0.3, -0.25) is 14.5 Å². The number of anilines is 1. The van der Waals surface area contributed by atoms with Crippen LogP contribution in [0.25, 0.3) is 10.9 Å². The number of aromatic nitrogens is 1. The Morgan fingerprint density at radius 2 is 1.76 bits per heavy atom. The molecule has 210 valence electrons. The Hall–Kier alpha value is -4.43. The number of para-hydroxylation sites is 1. The van der Waals surface area contributed by atoms with E-state index >= 15 is 0 Å². The SMILES string of the molecule is Cc1ccc([C@@H]2c3[nH]c4ccccc4c3C[C@H]3C(=O)N(c4ccc(C(=O)NCCCOC(C)C)cc4)C(=O)N23)cc1. The van der Waals surface area contributed by atoms with Crippen LogP contribution in [0.3, 0.4) is 0 Å². The largest absolute Gasteiger partial charge is 0.379 e. The van der Waals surface area contributed by atoms with E-state index in [1.165, 1.54) is 4.90 Å². The first kappa shape index (κ1) is 26.8. The third-order valence-electron chi connectivity index (χ3n) is 7.89. The van der Waals surface area contributed by atoms with Crippen molar-refractivity contribution < 1.29 is 19.1 Å². The fourth-order valence-corrected chi connectivity index (χ4v) is 5.86. The van der Waals surface area contributed by atoms with Gasteiger partial charge in [-0.2, -0.15) is 0 Å². The highest BCUT2D eigenvalue weighted by molar-refractivity contribution is 6.22. The van der Waals surface area contributed by atoms with Crippen LogP contribution in [0.4, 0.5) is 10.5 Å². The highest BCUT2D eigenvalue weighted by Gasteiger charge is 2.53. The number of aromatic amines is 1. The monoisotopic (exact) mass is 550 g/mol. The van der Waals surface area contributed by atoms with E-state index in [1.54, 1.807) is 29.2 Å². The van der Waals surface area contributed by atoms with Crippen LogP contribution in [0.5, 0.6) is 0 Å². The van der Waals surface area contributed by atoms with Crippen LogP contribution in [-0.2, 0) is 16.0 Å². The van der Waals surface area contributed by atoms with Gasteiger partial charge >= 0.3 is 6.03 Å². The molecule has 2 atom stereocenters. The molecule has 0 radical (unpaired) electrons. The minimum Gasteiger partial charge on any atom is -0.379 e. The number of H-pyrrole nitrogens is 1. The average molecular weight is 551 g/mol. The van der Waals surface area contributed by atoms with E-state index in [4.69, 9.17) is 4.74 Å². The molecule has 0 aliphatic carbocycles. The van der Waals surface area contributed by atoms with E-state index in [1.807, 2.05) is 63.2 Å². The van der Waals surface area contributed by atoms with Gasteiger partial charge in [0.1, 0.15) is 12.1 Å². The first-order valence-corrected chi connectivity index (χ1v) is 14.2. The summed E-state index contributed by atoms with van der Waals surface area (Å²) in [6, 6.07) is 21.4. The molecular weight excluding hydrogens is 516 g/mol. The van der Waals surface area contributed by atoms with Crippen LogP contribution in [-0.4, -0.2) is 53.0 Å². The number of amides is 4. The number of nitrogens with one attached hydrogen (secondary N) is 2. The molecule has 6 rings (SSSR count). The molecule has 2 aliphatic rings. The van der Waals surface area contributed by atoms with Crippen molar-refractivity contribution in [2.24, 2.45) is 0 Å². The number of benzene rings is 3. The quantitative estimate of drug-likeness (QED) is 0.224. The maximum atomic E-state index is 14.0. The van der Waals surface area contributed by atoms with Crippen LogP contribution < -0.4 is 10.2 Å². The summed E-state index contributed by atoms with van der Waals surface area (Å²) in [6.45, 7) is 7.06. The van der Waals surface area contributed by atoms with Gasteiger partial charge in [0.25, 0.3) is 11.8 Å². The number of imide groups is 1. The van der Waals surface area contributed by atoms with E-state index in [0.29, 0.717) is 30.8 Å². The van der Waals surface area contributed by atoms with Crippen molar-refractivity contribution in [1.82, 2.24) is 15.2 Å². The van der Waals surface area contributed by atoms with E-state index in [-0.39, 0.29) is 23.9 Å². The third kappa shape index (κ3) is 4.89. The zero-order valence-corrected chi connectivity index (χ0v) is 23.5. The van der Waals surface area contributed by atoms with Gasteiger partial charge in [-0.15, -0.1) is 0 Å². The molecule has 3 aromatic carbocycles. The molecule has 1 saturated heterocycles. The lowest BCUT2D eigenvalue weighted by atomic mass is 9.88. The van der Waals surface area contributed by atoms with Gasteiger partial charge < -0.3 is 15.0 Å². The number of hydrogen-bond acceptors (Lipinski definition) is 4. The summed E-state index contributed by atoms with van der Waals surface area (Å²) in [5.74, 6) is -0.465. The molecule has 0 saturated carbocycles. The standard InChI is InChI=1S/C33H34N4O4/c1-20(2)41-18-6-17-34-31(38)23-13-15-24(16-14-23)36-32(39)28-19-26-25-7-4-5-8-27(25)35-29(26)30(37(28)33(36)40)22-11-9-21(3)10-12-22/h4-5,7-16,20,28,30,35H,6,17-19H2,1-3H3,(H,34,38)/t28-,30+/m0/s1. The van der Waals surface area contributed by atoms with Crippen LogP contribution in [0.1, 0.15) is 59.1 Å². The number of carbonyl (C=O) groups excluding carboxylic acids is 3. The predicted octanol–water partition coefficient (Wildman–Crippen LogP) is 5.50. The van der Waals surface area contributed by atoms with Gasteiger partial charge in [-0.25, -0.2) is 9.69 Å². The molecular formula is C33H34N4O4. The average Bonchev–Trinajstić information content (AvgIpc) is 3.46. The molecule has 0 bridgehead atoms. The molecule has 1 aromatic heterocycles. The fourth-order valence-electron chi connectivity index (χ4n) is 5.86. The lowest BCUT2D eigenvalue weighted by Gasteiger charge is -2.36. The van der Waals surface area contributed by atoms with Crippen molar-refractivity contribution in [2.45, 2.75) is 51.8 Å². The highest BCUT2D eigenvalue weighted by Crippen LogP contribution is 2.44. The summed E-state index contributed by atoms with van der Waals surface area (Å²) >= 11 is 0. The second-order valence-electron chi connectivity index (χ2n) is 11.0. The maximum Gasteiger partial charge on any atom is 0.332 e. The second kappa shape index (κ2) is 10.9. The maximum absolute atomic E-state index is 14.0. The highest BCUT2D eigenvalue weighted by atomic mass is 16.5. The number of nitrogens with zero attached hydrogens (tertiary/aromatic N) is 2. The van der Waals surface area contributed by atoms with Crippen LogP contribution in [0.15, 0.2) is 72.8 Å². The molecule has 3 heterocycles. The minimum absolute atomic E-state index is 0.158. The van der Waals surface area contributed by atoms with E-state index in [9.17, 15) is 14.4 Å². The molecule has 41 heavy (non-hydrogen) atoms. The zero-order chi connectivity index (χ0) is 28.7. The smallest absolute Gasteiger partial charge is 0.332 e. The van der Waals surface area contributed by atoms with E-state index < -0.39 is 12.1 Å². The van der Waals surface area contributed by atoms with Crippen LogP contribution in [0.2, 0.25) is 0 Å². The summed E-state index contributed by atoms with van der Waals surface area (Å²) in [6.07, 6.45) is 1.31. The molecule has 4 aromatic rings. The Morgan fingerprint density at radius 3 is 2.49 bits per heavy atom. The lowest BCUT2D eigenvalue weighted by Crippen LogP contribution is -2.44. The Kier molecular flexibility index (Phi) is 7.09. The number of carbonyl (C=O) groups is 3. The molecule has 8 nitrogen and oxygen atoms in total. The summed E-state index contributed by atoms with van der Waals surface area (Å²) in [4.78, 5) is 47.1. The molecule has 8 heteroatoms. The van der Waals surface area contributed by atoms with E-state index in [2.05, 4.69) is 16.4 Å². The van der Waals surface area contributed by atoms with Crippen LogP contribution >= 0.6 is 0 Å². The molecule has 2 N–H and O–H groups in total. The normalized spacial score (nSPS) is 18.2. The summed E-state index contributed by atoms with van der Waals surface area (Å²) < 4.78 is 5.51. The van der Waals surface area contributed by atoms with Crippen molar-refractivity contribution in [3.05, 3.63) is 101 Å². The molecule has 2 aliphatic heterocycles. The Bertz CT molecular complexity index is 1610. The van der Waals surface area contributed by atoms with Gasteiger partial charge in [-0.05, 0) is 68.7 Å². The number of rotatable bonds is 8. The second-order valence-corrected chi connectivity index (χ2v) is 11.0. The number of fused-ring (bicyclic) bond motifs is 4. The number of ether oxygens (including phenoxy) is 1. The van der Waals surface area contributed by atoms with Crippen molar-refractivity contribution >= 4 is 34.4 Å². The zero-order valence-electron chi connectivity index (χ0n) is 23.5. The minimum atomic E-state index is -0.628. The Labute approximate surface area is 239 Å². The molecule has 1 fully saturated rings. The fraction of sp³-hybridized carbons (Fsp3) is 0.303. The molecule has 0 unspecified atom stereocenters. The van der Waals surface area contributed by atoms with Gasteiger partial charge in [0.05, 0.1) is 11.8 Å². The van der Waals surface area contributed by atoms with E-state index in [0.717, 1.165) is 39.7 Å². The van der Waals surface area contributed by atoms with Gasteiger partial charge in [0.15, 0.2) is 0 Å². The van der Waals surface area contributed by atoms with Gasteiger partial charge in [-0.1, -0.05) is 48.0 Å². The predicted molar refractivity (Wildman–Crippen MR) is 158 cm³/mol. The molecule has 4 amide bonds. The lowest BCUT2D eigenvalue weighted by molar-refractivity contribution is -0.120. The number of hydrogen-bond donors (Lipinski definition) is 2. The van der Waals surface area contributed by atoms with Gasteiger partial charge in [0, 0.05) is 41.7 Å². The van der Waals surface area contributed by atoms with Crippen molar-refractivity contribution in [2.75, 3.05) is 18.1 Å². The summed E-state index contributed by atoms with van der Waals surface area (Å²) in [7, 11) is 0. The third-order valence-corrected chi connectivity index (χ3v) is 7.89. The molecule has 0 spiro atoms. The van der Waals surface area contributed by atoms with Crippen LogP contribution in [0, 0.1) is 6.92 Å². The van der Waals surface area contributed by atoms with Crippen molar-refractivity contribution in [1.29, 1.82) is 0 Å². The first-order valence-electron chi connectivity index (χ1n) is 14.2. The number of urea groups is 1. The topological polar surface area (TPSA) is 94.7 Å².